The van der Waals surface area contributed by atoms with Gasteiger partial charge in [-0.2, -0.15) is 0 Å². The SMILES string of the molecule is C#CC(=O)Oc1ccc(CCN)cc1OC(=O)C#C. The topological polar surface area (TPSA) is 78.6 Å². The minimum Gasteiger partial charge on any atom is -0.413 e. The van der Waals surface area contributed by atoms with Gasteiger partial charge < -0.3 is 15.2 Å². The van der Waals surface area contributed by atoms with Crippen LogP contribution in [0.1, 0.15) is 5.56 Å². The molecule has 0 aliphatic carbocycles. The van der Waals surface area contributed by atoms with Gasteiger partial charge in [-0.3, -0.25) is 0 Å². The van der Waals surface area contributed by atoms with Crippen LogP contribution < -0.4 is 15.2 Å². The van der Waals surface area contributed by atoms with Gasteiger partial charge in [0.15, 0.2) is 11.5 Å². The van der Waals surface area contributed by atoms with E-state index in [1.807, 2.05) is 0 Å². The van der Waals surface area contributed by atoms with Crippen molar-refractivity contribution in [2.45, 2.75) is 6.42 Å². The quantitative estimate of drug-likeness (QED) is 0.362. The molecule has 1 aromatic rings. The van der Waals surface area contributed by atoms with Crippen molar-refractivity contribution in [3.8, 4) is 36.2 Å². The van der Waals surface area contributed by atoms with E-state index >= 15 is 0 Å². The molecule has 5 nitrogen and oxygen atoms in total. The highest BCUT2D eigenvalue weighted by Gasteiger charge is 2.12. The van der Waals surface area contributed by atoms with Gasteiger partial charge in [0.2, 0.25) is 0 Å². The summed E-state index contributed by atoms with van der Waals surface area (Å²) in [4.78, 5) is 22.1. The van der Waals surface area contributed by atoms with Gasteiger partial charge in [-0.25, -0.2) is 9.59 Å². The lowest BCUT2D eigenvalue weighted by molar-refractivity contribution is -0.130. The number of ether oxygens (including phenoxy) is 2. The summed E-state index contributed by atoms with van der Waals surface area (Å²) in [5, 5.41) is 0. The molecule has 0 radical (unpaired) electrons. The van der Waals surface area contributed by atoms with Crippen LogP contribution in [0, 0.1) is 24.7 Å². The molecular weight excluding hydrogens is 246 g/mol. The number of terminal acetylenes is 2. The highest BCUT2D eigenvalue weighted by atomic mass is 16.6. The van der Waals surface area contributed by atoms with Crippen LogP contribution in [-0.2, 0) is 16.0 Å². The van der Waals surface area contributed by atoms with Crippen molar-refractivity contribution in [2.75, 3.05) is 6.54 Å². The second-order valence-electron chi connectivity index (χ2n) is 3.39. The zero-order valence-corrected chi connectivity index (χ0v) is 10.0. The fourth-order valence-corrected chi connectivity index (χ4v) is 1.30. The molecule has 0 aliphatic heterocycles. The lowest BCUT2D eigenvalue weighted by atomic mass is 10.1. The third kappa shape index (κ3) is 4.19. The van der Waals surface area contributed by atoms with Gasteiger partial charge in [-0.1, -0.05) is 6.07 Å². The summed E-state index contributed by atoms with van der Waals surface area (Å²) in [5.74, 6) is 1.83. The van der Waals surface area contributed by atoms with Crippen LogP contribution in [0.4, 0.5) is 0 Å². The minimum atomic E-state index is -0.900. The minimum absolute atomic E-state index is 0.0207. The Kier molecular flexibility index (Phi) is 5.16. The van der Waals surface area contributed by atoms with Crippen LogP contribution >= 0.6 is 0 Å². The third-order valence-corrected chi connectivity index (χ3v) is 2.08. The number of nitrogens with two attached hydrogens (primary N) is 1. The summed E-state index contributed by atoms with van der Waals surface area (Å²) in [6, 6.07) is 4.65. The number of hydrogen-bond acceptors (Lipinski definition) is 5. The van der Waals surface area contributed by atoms with Gasteiger partial charge in [0, 0.05) is 11.8 Å². The standard InChI is InChI=1S/C14H11NO4/c1-3-13(16)18-11-6-5-10(7-8-15)9-12(11)19-14(17)4-2/h1-2,5-6,9H,7-8,15H2. The Bertz CT molecular complexity index is 578. The summed E-state index contributed by atoms with van der Waals surface area (Å²) in [6.45, 7) is 0.423. The molecular formula is C14H11NO4. The number of carbonyl (C=O) groups is 2. The maximum absolute atomic E-state index is 11.1. The fourth-order valence-electron chi connectivity index (χ4n) is 1.30. The molecule has 1 aromatic carbocycles. The largest absolute Gasteiger partial charge is 0.413 e. The van der Waals surface area contributed by atoms with Crippen molar-refractivity contribution < 1.29 is 19.1 Å². The van der Waals surface area contributed by atoms with Crippen LogP contribution in [-0.4, -0.2) is 18.5 Å². The Labute approximate surface area is 110 Å². The first-order valence-corrected chi connectivity index (χ1v) is 5.30. The van der Waals surface area contributed by atoms with Gasteiger partial charge in [0.1, 0.15) is 0 Å². The van der Waals surface area contributed by atoms with Crippen molar-refractivity contribution in [3.05, 3.63) is 23.8 Å². The highest BCUT2D eigenvalue weighted by Crippen LogP contribution is 2.28. The number of benzene rings is 1. The molecule has 0 atom stereocenters. The molecule has 5 heteroatoms. The molecule has 96 valence electrons. The van der Waals surface area contributed by atoms with Gasteiger partial charge in [-0.15, -0.1) is 12.8 Å². The van der Waals surface area contributed by atoms with Crippen LogP contribution in [0.5, 0.6) is 11.5 Å². The molecule has 0 amide bonds. The number of hydrogen-bond donors (Lipinski definition) is 1. The Balaban J connectivity index is 3.08. The Morgan fingerprint density at radius 3 is 2.21 bits per heavy atom. The second-order valence-corrected chi connectivity index (χ2v) is 3.39. The Morgan fingerprint density at radius 2 is 1.68 bits per heavy atom. The van der Waals surface area contributed by atoms with E-state index in [1.165, 1.54) is 12.1 Å². The Morgan fingerprint density at radius 1 is 1.11 bits per heavy atom. The first-order valence-electron chi connectivity index (χ1n) is 5.30. The number of esters is 2. The van der Waals surface area contributed by atoms with Crippen molar-refractivity contribution in [3.63, 3.8) is 0 Å². The van der Waals surface area contributed by atoms with Crippen molar-refractivity contribution in [1.82, 2.24) is 0 Å². The van der Waals surface area contributed by atoms with Gasteiger partial charge in [0.25, 0.3) is 0 Å². The van der Waals surface area contributed by atoms with Gasteiger partial charge in [0.05, 0.1) is 0 Å². The predicted octanol–water partition coefficient (Wildman–Crippen LogP) is 0.265. The number of carbonyl (C=O) groups excluding carboxylic acids is 2. The summed E-state index contributed by atoms with van der Waals surface area (Å²) < 4.78 is 9.69. The maximum atomic E-state index is 11.1. The molecule has 19 heavy (non-hydrogen) atoms. The average molecular weight is 257 g/mol. The van der Waals surface area contributed by atoms with E-state index in [9.17, 15) is 9.59 Å². The van der Waals surface area contributed by atoms with E-state index in [0.717, 1.165) is 5.56 Å². The monoisotopic (exact) mass is 257 g/mol. The van der Waals surface area contributed by atoms with Crippen LogP contribution in [0.25, 0.3) is 0 Å². The molecule has 0 spiro atoms. The van der Waals surface area contributed by atoms with E-state index in [1.54, 1.807) is 17.9 Å². The summed E-state index contributed by atoms with van der Waals surface area (Å²) >= 11 is 0. The zero-order chi connectivity index (χ0) is 14.3. The smallest absolute Gasteiger partial charge is 0.389 e. The van der Waals surface area contributed by atoms with Crippen LogP contribution in [0.3, 0.4) is 0 Å². The first-order chi connectivity index (χ1) is 9.10. The molecule has 0 saturated carbocycles. The van der Waals surface area contributed by atoms with E-state index in [-0.39, 0.29) is 11.5 Å². The lowest BCUT2D eigenvalue weighted by Crippen LogP contribution is -2.10. The van der Waals surface area contributed by atoms with Crippen molar-refractivity contribution >= 4 is 11.9 Å². The fraction of sp³-hybridized carbons (Fsp3) is 0.143. The molecule has 1 rings (SSSR count). The molecule has 0 heterocycles. The molecule has 0 fully saturated rings. The highest BCUT2D eigenvalue weighted by molar-refractivity contribution is 5.91. The molecule has 0 bridgehead atoms. The van der Waals surface area contributed by atoms with Crippen molar-refractivity contribution in [2.24, 2.45) is 5.73 Å². The lowest BCUT2D eigenvalue weighted by Gasteiger charge is -2.09. The molecule has 0 aromatic heterocycles. The number of rotatable bonds is 4. The first kappa shape index (κ1) is 14.3. The zero-order valence-electron chi connectivity index (χ0n) is 10.0. The van der Waals surface area contributed by atoms with E-state index < -0.39 is 11.9 Å². The van der Waals surface area contributed by atoms with Crippen LogP contribution in [0.2, 0.25) is 0 Å². The van der Waals surface area contributed by atoms with Crippen LogP contribution in [0.15, 0.2) is 18.2 Å². The van der Waals surface area contributed by atoms with Gasteiger partial charge in [-0.05, 0) is 30.7 Å². The second kappa shape index (κ2) is 6.85. The normalized spacial score (nSPS) is 9.00. The molecule has 0 saturated heterocycles. The van der Waals surface area contributed by atoms with E-state index in [2.05, 4.69) is 0 Å². The summed E-state index contributed by atoms with van der Waals surface area (Å²) in [6.07, 6.45) is 10.4. The maximum Gasteiger partial charge on any atom is 0.389 e. The molecule has 0 unspecified atom stereocenters. The summed E-state index contributed by atoms with van der Waals surface area (Å²) in [5.41, 5.74) is 6.23. The third-order valence-electron chi connectivity index (χ3n) is 2.08. The van der Waals surface area contributed by atoms with Crippen molar-refractivity contribution in [1.29, 1.82) is 0 Å². The molecule has 2 N–H and O–H groups in total. The van der Waals surface area contributed by atoms with E-state index in [4.69, 9.17) is 28.1 Å². The van der Waals surface area contributed by atoms with Gasteiger partial charge >= 0.3 is 11.9 Å². The summed E-state index contributed by atoms with van der Waals surface area (Å²) in [7, 11) is 0. The Hall–Kier alpha value is -2.76. The van der Waals surface area contributed by atoms with E-state index in [0.29, 0.717) is 13.0 Å². The molecule has 0 aliphatic rings. The average Bonchev–Trinajstić information content (AvgIpc) is 2.41. The predicted molar refractivity (Wildman–Crippen MR) is 68.1 cm³/mol.